The van der Waals surface area contributed by atoms with Gasteiger partial charge in [0.05, 0.1) is 0 Å². The Balaban J connectivity index is 1.13. The highest BCUT2D eigenvalue weighted by atomic mass is 16.6. The van der Waals surface area contributed by atoms with E-state index in [1.807, 2.05) is 30.3 Å². The van der Waals surface area contributed by atoms with Crippen molar-refractivity contribution >= 4 is 5.95 Å². The summed E-state index contributed by atoms with van der Waals surface area (Å²) in [6.45, 7) is 6.32. The maximum absolute atomic E-state index is 5.98. The Bertz CT molecular complexity index is 874. The van der Waals surface area contributed by atoms with Gasteiger partial charge in [-0.25, -0.2) is 4.98 Å². The summed E-state index contributed by atoms with van der Waals surface area (Å²) in [6.07, 6.45) is 9.84. The zero-order chi connectivity index (χ0) is 21.6. The third kappa shape index (κ3) is 5.44. The van der Waals surface area contributed by atoms with Crippen molar-refractivity contribution in [2.45, 2.75) is 44.6 Å². The van der Waals surface area contributed by atoms with Crippen molar-refractivity contribution in [3.8, 4) is 17.4 Å². The minimum Gasteiger partial charge on any atom is -0.486 e. The van der Waals surface area contributed by atoms with Crippen LogP contribution in [0.5, 0.6) is 17.4 Å². The van der Waals surface area contributed by atoms with Crippen LogP contribution in [0.25, 0.3) is 0 Å². The van der Waals surface area contributed by atoms with E-state index >= 15 is 0 Å². The number of fused-ring (bicyclic) bond motifs is 1. The minimum absolute atomic E-state index is 0.158. The van der Waals surface area contributed by atoms with E-state index in [2.05, 4.69) is 19.8 Å². The summed E-state index contributed by atoms with van der Waals surface area (Å²) < 4.78 is 17.7. The first-order valence-electron chi connectivity index (χ1n) is 12.1. The predicted octanol–water partition coefficient (Wildman–Crippen LogP) is 3.79. The van der Waals surface area contributed by atoms with E-state index in [0.717, 1.165) is 49.4 Å². The second-order valence-electron chi connectivity index (χ2n) is 9.15. The van der Waals surface area contributed by atoms with Crippen LogP contribution in [0.2, 0.25) is 0 Å². The van der Waals surface area contributed by atoms with Crippen molar-refractivity contribution in [3.63, 3.8) is 0 Å². The minimum atomic E-state index is -0.158. The average Bonchev–Trinajstić information content (AvgIpc) is 3.09. The highest BCUT2D eigenvalue weighted by Gasteiger charge is 2.23. The lowest BCUT2D eigenvalue weighted by atomic mass is 9.89. The zero-order valence-corrected chi connectivity index (χ0v) is 18.8. The lowest BCUT2D eigenvalue weighted by Crippen LogP contribution is -2.35. The first-order chi connectivity index (χ1) is 15.8. The van der Waals surface area contributed by atoms with E-state index < -0.39 is 0 Å². The van der Waals surface area contributed by atoms with Crippen LogP contribution >= 0.6 is 0 Å². The third-order valence-corrected chi connectivity index (χ3v) is 6.71. The van der Waals surface area contributed by atoms with E-state index in [1.54, 1.807) is 6.20 Å². The fourth-order valence-corrected chi connectivity index (χ4v) is 4.98. The molecule has 3 heterocycles. The smallest absolute Gasteiger partial charge is 0.228 e. The van der Waals surface area contributed by atoms with Gasteiger partial charge in [0.25, 0.3) is 0 Å². The van der Waals surface area contributed by atoms with E-state index in [0.29, 0.717) is 19.1 Å². The molecule has 5 rings (SSSR count). The molecular formula is C25H34N4O3. The molecule has 1 saturated heterocycles. The number of aromatic nitrogens is 2. The fraction of sp³-hybridized carbons (Fsp3) is 0.600. The van der Waals surface area contributed by atoms with Crippen molar-refractivity contribution in [2.24, 2.45) is 5.92 Å². The number of rotatable bonds is 6. The Morgan fingerprint density at radius 3 is 2.72 bits per heavy atom. The van der Waals surface area contributed by atoms with Crippen molar-refractivity contribution < 1.29 is 14.2 Å². The summed E-state index contributed by atoms with van der Waals surface area (Å²) in [4.78, 5) is 14.2. The topological polar surface area (TPSA) is 60.0 Å². The molecule has 2 aliphatic heterocycles. The van der Waals surface area contributed by atoms with Gasteiger partial charge in [0.1, 0.15) is 13.2 Å². The van der Waals surface area contributed by atoms with Crippen LogP contribution in [0.15, 0.2) is 36.5 Å². The van der Waals surface area contributed by atoms with Gasteiger partial charge in [0.15, 0.2) is 17.6 Å². The number of benzene rings is 1. The van der Waals surface area contributed by atoms with Crippen molar-refractivity contribution in [1.82, 2.24) is 14.9 Å². The SMILES string of the molecule is c1ccc2c(c1)OCC(COc1ccnc(N3CCCN(CC4CCCCC4)CC3)n1)O2. The number of hydrogen-bond acceptors (Lipinski definition) is 7. The summed E-state index contributed by atoms with van der Waals surface area (Å²) >= 11 is 0. The lowest BCUT2D eigenvalue weighted by Gasteiger charge is -2.28. The zero-order valence-electron chi connectivity index (χ0n) is 18.8. The number of nitrogens with zero attached hydrogens (tertiary/aromatic N) is 4. The van der Waals surface area contributed by atoms with E-state index in [-0.39, 0.29) is 6.10 Å². The Hall–Kier alpha value is -2.54. The van der Waals surface area contributed by atoms with Crippen LogP contribution in [0.1, 0.15) is 38.5 Å². The molecule has 7 nitrogen and oxygen atoms in total. The number of ether oxygens (including phenoxy) is 3. The highest BCUT2D eigenvalue weighted by molar-refractivity contribution is 5.40. The van der Waals surface area contributed by atoms with Gasteiger partial charge in [-0.15, -0.1) is 0 Å². The second kappa shape index (κ2) is 10.4. The molecule has 1 unspecified atom stereocenters. The van der Waals surface area contributed by atoms with Gasteiger partial charge in [-0.1, -0.05) is 31.4 Å². The first kappa shape index (κ1) is 21.3. The molecule has 32 heavy (non-hydrogen) atoms. The molecule has 0 radical (unpaired) electrons. The molecule has 1 aromatic heterocycles. The van der Waals surface area contributed by atoms with Gasteiger partial charge in [-0.05, 0) is 43.9 Å². The first-order valence-corrected chi connectivity index (χ1v) is 12.1. The van der Waals surface area contributed by atoms with Crippen LogP contribution in [0, 0.1) is 5.92 Å². The van der Waals surface area contributed by atoms with E-state index in [1.165, 1.54) is 45.2 Å². The molecule has 172 valence electrons. The second-order valence-corrected chi connectivity index (χ2v) is 9.15. The normalized spacial score (nSPS) is 22.4. The maximum Gasteiger partial charge on any atom is 0.228 e. The average molecular weight is 439 g/mol. The monoisotopic (exact) mass is 438 g/mol. The molecule has 0 spiro atoms. The quantitative estimate of drug-likeness (QED) is 0.680. The molecule has 1 saturated carbocycles. The van der Waals surface area contributed by atoms with Crippen LogP contribution < -0.4 is 19.1 Å². The summed E-state index contributed by atoms with van der Waals surface area (Å²) in [5.74, 6) is 3.78. The van der Waals surface area contributed by atoms with Gasteiger partial charge >= 0.3 is 0 Å². The van der Waals surface area contributed by atoms with Crippen LogP contribution in [0.4, 0.5) is 5.95 Å². The molecular weight excluding hydrogens is 404 g/mol. The number of para-hydroxylation sites is 2. The molecule has 3 aliphatic rings. The summed E-state index contributed by atoms with van der Waals surface area (Å²) in [5.41, 5.74) is 0. The molecule has 2 fully saturated rings. The summed E-state index contributed by atoms with van der Waals surface area (Å²) in [7, 11) is 0. The molecule has 0 bridgehead atoms. The van der Waals surface area contributed by atoms with E-state index in [4.69, 9.17) is 14.2 Å². The van der Waals surface area contributed by atoms with Crippen LogP contribution in [0.3, 0.4) is 0 Å². The maximum atomic E-state index is 5.98. The van der Waals surface area contributed by atoms with Gasteiger partial charge in [0.2, 0.25) is 11.8 Å². The lowest BCUT2D eigenvalue weighted by molar-refractivity contribution is 0.0522. The number of anilines is 1. The molecule has 1 atom stereocenters. The number of hydrogen-bond donors (Lipinski definition) is 0. The highest BCUT2D eigenvalue weighted by Crippen LogP contribution is 2.31. The molecule has 0 N–H and O–H groups in total. The van der Waals surface area contributed by atoms with Crippen molar-refractivity contribution in [1.29, 1.82) is 0 Å². The summed E-state index contributed by atoms with van der Waals surface area (Å²) in [5, 5.41) is 0. The Morgan fingerprint density at radius 1 is 0.938 bits per heavy atom. The fourth-order valence-electron chi connectivity index (χ4n) is 4.98. The van der Waals surface area contributed by atoms with Crippen molar-refractivity contribution in [3.05, 3.63) is 36.5 Å². The Labute approximate surface area is 190 Å². The molecule has 1 aromatic carbocycles. The Kier molecular flexibility index (Phi) is 6.92. The standard InChI is InChI=1S/C25H34N4O3/c1-2-7-20(8-3-1)17-28-13-6-14-29(16-15-28)25-26-12-11-24(27-25)31-19-21-18-30-22-9-4-5-10-23(22)32-21/h4-5,9-12,20-21H,1-3,6-8,13-19H2. The van der Waals surface area contributed by atoms with Crippen LogP contribution in [-0.4, -0.2) is 66.9 Å². The molecule has 0 amide bonds. The largest absolute Gasteiger partial charge is 0.486 e. The van der Waals surface area contributed by atoms with Gasteiger partial charge in [-0.2, -0.15) is 4.98 Å². The van der Waals surface area contributed by atoms with Crippen molar-refractivity contribution in [2.75, 3.05) is 50.8 Å². The van der Waals surface area contributed by atoms with Gasteiger partial charge in [-0.3, -0.25) is 0 Å². The molecule has 2 aromatic rings. The predicted molar refractivity (Wildman–Crippen MR) is 124 cm³/mol. The summed E-state index contributed by atoms with van der Waals surface area (Å²) in [6, 6.07) is 9.54. The Morgan fingerprint density at radius 2 is 1.81 bits per heavy atom. The molecule has 7 heteroatoms. The van der Waals surface area contributed by atoms with Crippen LogP contribution in [-0.2, 0) is 0 Å². The van der Waals surface area contributed by atoms with Gasteiger partial charge in [0, 0.05) is 38.4 Å². The third-order valence-electron chi connectivity index (χ3n) is 6.71. The van der Waals surface area contributed by atoms with E-state index in [9.17, 15) is 0 Å². The molecule has 1 aliphatic carbocycles. The van der Waals surface area contributed by atoms with Gasteiger partial charge < -0.3 is 24.0 Å².